The van der Waals surface area contributed by atoms with Gasteiger partial charge in [0.15, 0.2) is 0 Å². The van der Waals surface area contributed by atoms with Crippen LogP contribution in [0.25, 0.3) is 0 Å². The normalized spacial score (nSPS) is 14.3. The molecule has 0 aliphatic carbocycles. The number of thioether (sulfide) groups is 1. The first-order valence-corrected chi connectivity index (χ1v) is 10.0. The number of hydrogen-bond acceptors (Lipinski definition) is 4. The number of nitrogens with one attached hydrogen (secondary N) is 1. The predicted octanol–water partition coefficient (Wildman–Crippen LogP) is 6.21. The summed E-state index contributed by atoms with van der Waals surface area (Å²) in [5.41, 5.74) is 0.523. The summed E-state index contributed by atoms with van der Waals surface area (Å²) < 4.78 is 0. The van der Waals surface area contributed by atoms with Crippen LogP contribution in [0, 0.1) is 0 Å². The Bertz CT molecular complexity index is 694. The molecule has 1 saturated heterocycles. The van der Waals surface area contributed by atoms with E-state index in [1.54, 1.807) is 30.3 Å². The molecular weight excluding hydrogens is 372 g/mol. The van der Waals surface area contributed by atoms with Crippen molar-refractivity contribution in [1.82, 2.24) is 4.90 Å². The molecule has 1 aliphatic rings. The minimum Gasteiger partial charge on any atom is -0.307 e. The van der Waals surface area contributed by atoms with Gasteiger partial charge < -0.3 is 5.32 Å². The van der Waals surface area contributed by atoms with E-state index in [4.69, 9.17) is 0 Å². The maximum atomic E-state index is 11.8. The average molecular weight is 401 g/mol. The highest BCUT2D eigenvalue weighted by atomic mass is 32.2. The Morgan fingerprint density at radius 2 is 1.36 bits per heavy atom. The fourth-order valence-corrected chi connectivity index (χ4v) is 2.64. The number of anilines is 1. The first-order chi connectivity index (χ1) is 13.6. The molecule has 0 bridgehead atoms. The molecule has 6 heteroatoms. The number of para-hydroxylation sites is 1. The zero-order valence-electron chi connectivity index (χ0n) is 16.8. The Kier molecular flexibility index (Phi) is 13.7. The summed E-state index contributed by atoms with van der Waals surface area (Å²) in [5, 5.41) is 1.22. The molecule has 1 unspecified atom stereocenters. The van der Waals surface area contributed by atoms with Crippen molar-refractivity contribution in [1.29, 1.82) is 0 Å². The Balaban J connectivity index is 0.000000607. The number of benzene rings is 2. The molecule has 0 saturated carbocycles. The number of amides is 4. The zero-order valence-corrected chi connectivity index (χ0v) is 17.6. The highest BCUT2D eigenvalue weighted by molar-refractivity contribution is 8.15. The van der Waals surface area contributed by atoms with Gasteiger partial charge in [-0.2, -0.15) is 4.90 Å². The van der Waals surface area contributed by atoms with Crippen molar-refractivity contribution >= 4 is 34.6 Å². The standard InChI is InChI=1S/C12H10N2O3S.C6H6.2C2H6/c1-2-9-10(15)14(12(17)18-9)11(16)13-8-6-4-3-5-7-8;1-2-4-6-5-3-1;2*1-2/h2-7,9H,1H2,(H,13,16);1-6H;2*1-2H3. The molecule has 4 amide bonds. The molecule has 150 valence electrons. The molecule has 3 rings (SSSR count). The molecular formula is C22H28N2O3S. The molecule has 1 aliphatic heterocycles. The lowest BCUT2D eigenvalue weighted by Crippen LogP contribution is -2.39. The van der Waals surface area contributed by atoms with Crippen LogP contribution in [0.1, 0.15) is 27.7 Å². The van der Waals surface area contributed by atoms with Crippen molar-refractivity contribution in [2.75, 3.05) is 5.32 Å². The maximum absolute atomic E-state index is 11.8. The number of urea groups is 1. The number of carbonyl (C=O) groups excluding carboxylic acids is 3. The molecule has 1 heterocycles. The highest BCUT2D eigenvalue weighted by Gasteiger charge is 2.42. The van der Waals surface area contributed by atoms with Crippen molar-refractivity contribution in [3.05, 3.63) is 79.4 Å². The van der Waals surface area contributed by atoms with E-state index in [9.17, 15) is 14.4 Å². The fraction of sp³-hybridized carbons (Fsp3) is 0.227. The molecule has 1 fully saturated rings. The summed E-state index contributed by atoms with van der Waals surface area (Å²) in [7, 11) is 0. The topological polar surface area (TPSA) is 66.5 Å². The van der Waals surface area contributed by atoms with Crippen LogP contribution in [0.4, 0.5) is 15.3 Å². The van der Waals surface area contributed by atoms with Crippen molar-refractivity contribution < 1.29 is 14.4 Å². The van der Waals surface area contributed by atoms with Crippen LogP contribution in [-0.4, -0.2) is 27.3 Å². The minimum absolute atomic E-state index is 0.523. The molecule has 2 aromatic carbocycles. The highest BCUT2D eigenvalue weighted by Crippen LogP contribution is 2.28. The van der Waals surface area contributed by atoms with Crippen LogP contribution < -0.4 is 5.32 Å². The lowest BCUT2D eigenvalue weighted by molar-refractivity contribution is -0.123. The Morgan fingerprint density at radius 3 is 1.75 bits per heavy atom. The molecule has 5 nitrogen and oxygen atoms in total. The van der Waals surface area contributed by atoms with E-state index in [-0.39, 0.29) is 0 Å². The summed E-state index contributed by atoms with van der Waals surface area (Å²) in [6, 6.07) is 19.9. The van der Waals surface area contributed by atoms with Gasteiger partial charge in [0, 0.05) is 5.69 Å². The first kappa shape index (κ1) is 25.1. The molecule has 2 aromatic rings. The van der Waals surface area contributed by atoms with Crippen LogP contribution in [-0.2, 0) is 4.79 Å². The monoisotopic (exact) mass is 400 g/mol. The number of imide groups is 3. The van der Waals surface area contributed by atoms with Gasteiger partial charge in [-0.15, -0.1) is 6.58 Å². The van der Waals surface area contributed by atoms with Crippen LogP contribution >= 0.6 is 11.8 Å². The Morgan fingerprint density at radius 1 is 0.929 bits per heavy atom. The molecule has 0 radical (unpaired) electrons. The Hall–Kier alpha value is -2.86. The van der Waals surface area contributed by atoms with E-state index in [1.807, 2.05) is 64.1 Å². The summed E-state index contributed by atoms with van der Waals surface area (Å²) in [6.45, 7) is 11.5. The van der Waals surface area contributed by atoms with Crippen LogP contribution in [0.3, 0.4) is 0 Å². The Labute approximate surface area is 171 Å². The van der Waals surface area contributed by atoms with Gasteiger partial charge in [-0.25, -0.2) is 4.79 Å². The second kappa shape index (κ2) is 15.2. The van der Waals surface area contributed by atoms with E-state index in [2.05, 4.69) is 11.9 Å². The quantitative estimate of drug-likeness (QED) is 0.609. The predicted molar refractivity (Wildman–Crippen MR) is 118 cm³/mol. The lowest BCUT2D eigenvalue weighted by Gasteiger charge is -2.12. The van der Waals surface area contributed by atoms with E-state index in [0.29, 0.717) is 10.6 Å². The van der Waals surface area contributed by atoms with Crippen LogP contribution in [0.2, 0.25) is 0 Å². The third kappa shape index (κ3) is 8.22. The van der Waals surface area contributed by atoms with E-state index in [1.165, 1.54) is 6.08 Å². The van der Waals surface area contributed by atoms with Crippen molar-refractivity contribution in [2.24, 2.45) is 0 Å². The van der Waals surface area contributed by atoms with Gasteiger partial charge in [0.1, 0.15) is 5.25 Å². The smallest absolute Gasteiger partial charge is 0.307 e. The molecule has 28 heavy (non-hydrogen) atoms. The van der Waals surface area contributed by atoms with Crippen molar-refractivity contribution in [2.45, 2.75) is 32.9 Å². The number of carbonyl (C=O) groups is 3. The minimum atomic E-state index is -0.743. The summed E-state index contributed by atoms with van der Waals surface area (Å²) >= 11 is 0.779. The second-order valence-corrected chi connectivity index (χ2v) is 5.76. The average Bonchev–Trinajstić information content (AvgIpc) is 3.06. The van der Waals surface area contributed by atoms with Gasteiger partial charge in [-0.1, -0.05) is 88.4 Å². The van der Waals surface area contributed by atoms with Gasteiger partial charge >= 0.3 is 6.03 Å². The van der Waals surface area contributed by atoms with Crippen LogP contribution in [0.15, 0.2) is 79.4 Å². The van der Waals surface area contributed by atoms with Gasteiger partial charge in [-0.3, -0.25) is 9.59 Å². The summed E-state index contributed by atoms with van der Waals surface area (Å²) in [5.74, 6) is -0.562. The first-order valence-electron chi connectivity index (χ1n) is 9.16. The second-order valence-electron chi connectivity index (χ2n) is 4.66. The third-order valence-corrected chi connectivity index (χ3v) is 4.02. The van der Waals surface area contributed by atoms with Gasteiger partial charge in [0.25, 0.3) is 11.1 Å². The molecule has 1 N–H and O–H groups in total. The van der Waals surface area contributed by atoms with Gasteiger partial charge in [-0.05, 0) is 23.9 Å². The molecule has 0 spiro atoms. The SMILES string of the molecule is C=CC1SC(=O)N(C(=O)Nc2ccccc2)C1=O.CC.CC.c1ccccc1. The molecule has 1 atom stereocenters. The molecule has 0 aromatic heterocycles. The van der Waals surface area contributed by atoms with Gasteiger partial charge in [0.05, 0.1) is 0 Å². The van der Waals surface area contributed by atoms with E-state index in [0.717, 1.165) is 11.8 Å². The zero-order chi connectivity index (χ0) is 21.4. The van der Waals surface area contributed by atoms with E-state index >= 15 is 0 Å². The summed E-state index contributed by atoms with van der Waals surface area (Å²) in [4.78, 5) is 35.7. The van der Waals surface area contributed by atoms with E-state index < -0.39 is 22.4 Å². The van der Waals surface area contributed by atoms with Crippen LogP contribution in [0.5, 0.6) is 0 Å². The van der Waals surface area contributed by atoms with Gasteiger partial charge in [0.2, 0.25) is 0 Å². The lowest BCUT2D eigenvalue weighted by atomic mass is 10.3. The largest absolute Gasteiger partial charge is 0.336 e. The third-order valence-electron chi connectivity index (χ3n) is 2.98. The van der Waals surface area contributed by atoms with Crippen molar-refractivity contribution in [3.63, 3.8) is 0 Å². The van der Waals surface area contributed by atoms with Crippen molar-refractivity contribution in [3.8, 4) is 0 Å². The number of hydrogen-bond donors (Lipinski definition) is 1. The summed E-state index contributed by atoms with van der Waals surface area (Å²) in [6.07, 6.45) is 1.35. The number of nitrogens with zero attached hydrogens (tertiary/aromatic N) is 1. The number of rotatable bonds is 2. The maximum Gasteiger partial charge on any atom is 0.336 e. The fourth-order valence-electron chi connectivity index (χ4n) is 1.85.